The van der Waals surface area contributed by atoms with Gasteiger partial charge in [0.25, 0.3) is 5.91 Å². The highest BCUT2D eigenvalue weighted by Gasteiger charge is 2.18. The fourth-order valence-corrected chi connectivity index (χ4v) is 2.62. The molecule has 0 radical (unpaired) electrons. The predicted molar refractivity (Wildman–Crippen MR) is 94.2 cm³/mol. The third-order valence-electron chi connectivity index (χ3n) is 4.18. The molecule has 1 heterocycles. The second kappa shape index (κ2) is 9.61. The van der Waals surface area contributed by atoms with Crippen molar-refractivity contribution in [3.8, 4) is 5.75 Å². The van der Waals surface area contributed by atoms with Gasteiger partial charge >= 0.3 is 0 Å². The number of carbonyl (C=O) groups excluding carboxylic acids is 1. The minimum atomic E-state index is -0.0481. The maximum Gasteiger partial charge on any atom is 0.259 e. The van der Waals surface area contributed by atoms with Gasteiger partial charge in [-0.2, -0.15) is 0 Å². The first-order chi connectivity index (χ1) is 11.6. The lowest BCUT2D eigenvalue weighted by Gasteiger charge is -2.32. The number of nitrogens with zero attached hydrogens (tertiary/aromatic N) is 2. The maximum atomic E-state index is 11.7. The summed E-state index contributed by atoms with van der Waals surface area (Å²) >= 11 is 0. The second-order valence-electron chi connectivity index (χ2n) is 6.20. The van der Waals surface area contributed by atoms with Gasteiger partial charge in [-0.3, -0.25) is 9.69 Å². The molecule has 134 valence electrons. The first-order valence-corrected chi connectivity index (χ1v) is 8.55. The number of hydrogen-bond acceptors (Lipinski definition) is 5. The monoisotopic (exact) mass is 335 g/mol. The van der Waals surface area contributed by atoms with Crippen LogP contribution < -0.4 is 10.1 Å². The number of hydrogen-bond donors (Lipinski definition) is 1. The summed E-state index contributed by atoms with van der Waals surface area (Å²) in [5.74, 6) is 0.702. The lowest BCUT2D eigenvalue weighted by molar-refractivity contribution is -0.130. The third-order valence-corrected chi connectivity index (χ3v) is 4.18. The van der Waals surface area contributed by atoms with Crippen molar-refractivity contribution in [1.29, 1.82) is 0 Å². The van der Waals surface area contributed by atoms with Crippen LogP contribution in [0.3, 0.4) is 0 Å². The lowest BCUT2D eigenvalue weighted by atomic mass is 10.2. The van der Waals surface area contributed by atoms with E-state index in [1.165, 1.54) is 4.90 Å². The summed E-state index contributed by atoms with van der Waals surface area (Å²) in [4.78, 5) is 15.6. The van der Waals surface area contributed by atoms with Crippen LogP contribution in [-0.4, -0.2) is 75.3 Å². The van der Waals surface area contributed by atoms with Gasteiger partial charge in [-0.1, -0.05) is 25.1 Å². The van der Waals surface area contributed by atoms with E-state index < -0.39 is 0 Å². The van der Waals surface area contributed by atoms with Crippen molar-refractivity contribution in [1.82, 2.24) is 15.1 Å². The summed E-state index contributed by atoms with van der Waals surface area (Å²) in [5, 5.41) is 3.44. The smallest absolute Gasteiger partial charge is 0.259 e. The van der Waals surface area contributed by atoms with E-state index in [1.807, 2.05) is 24.3 Å². The van der Waals surface area contributed by atoms with E-state index in [4.69, 9.17) is 9.47 Å². The van der Waals surface area contributed by atoms with Crippen LogP contribution in [0.2, 0.25) is 0 Å². The quantitative estimate of drug-likeness (QED) is 0.767. The van der Waals surface area contributed by atoms with Crippen LogP contribution >= 0.6 is 0 Å². The summed E-state index contributed by atoms with van der Waals surface area (Å²) in [6.45, 7) is 7.59. The van der Waals surface area contributed by atoms with Gasteiger partial charge in [0.05, 0.1) is 12.7 Å². The van der Waals surface area contributed by atoms with E-state index in [0.717, 1.165) is 44.1 Å². The van der Waals surface area contributed by atoms with E-state index in [-0.39, 0.29) is 18.6 Å². The fourth-order valence-electron chi connectivity index (χ4n) is 2.62. The number of morpholine rings is 1. The van der Waals surface area contributed by atoms with Crippen LogP contribution in [0.25, 0.3) is 0 Å². The SMILES string of the molecule is CCN1CCOC(CNCc2ccccc2OCC(=O)N(C)C)C1. The number of para-hydroxylation sites is 1. The Bertz CT molecular complexity index is 522. The molecular formula is C18H29N3O3. The van der Waals surface area contributed by atoms with Gasteiger partial charge in [-0.15, -0.1) is 0 Å². The molecule has 1 saturated heterocycles. The predicted octanol–water partition coefficient (Wildman–Crippen LogP) is 0.964. The van der Waals surface area contributed by atoms with Gasteiger partial charge in [-0.25, -0.2) is 0 Å². The molecule has 0 aromatic heterocycles. The Hall–Kier alpha value is -1.63. The Kier molecular flexibility index (Phi) is 7.49. The van der Waals surface area contributed by atoms with Crippen molar-refractivity contribution in [3.05, 3.63) is 29.8 Å². The summed E-state index contributed by atoms with van der Waals surface area (Å²) in [7, 11) is 3.45. The zero-order chi connectivity index (χ0) is 17.4. The average Bonchev–Trinajstić information content (AvgIpc) is 2.60. The molecule has 2 rings (SSSR count). The lowest BCUT2D eigenvalue weighted by Crippen LogP contribution is -2.46. The summed E-state index contributed by atoms with van der Waals surface area (Å²) in [6.07, 6.45) is 0.224. The van der Waals surface area contributed by atoms with Gasteiger partial charge < -0.3 is 19.7 Å². The molecule has 1 unspecified atom stereocenters. The molecule has 0 saturated carbocycles. The molecule has 1 atom stereocenters. The van der Waals surface area contributed by atoms with Gasteiger partial charge in [-0.05, 0) is 12.6 Å². The van der Waals surface area contributed by atoms with Crippen LogP contribution in [0.1, 0.15) is 12.5 Å². The number of benzene rings is 1. The number of nitrogens with one attached hydrogen (secondary N) is 1. The molecular weight excluding hydrogens is 306 g/mol. The van der Waals surface area contributed by atoms with Crippen LogP contribution in [0.5, 0.6) is 5.75 Å². The summed E-state index contributed by atoms with van der Waals surface area (Å²) < 4.78 is 11.5. The summed E-state index contributed by atoms with van der Waals surface area (Å²) in [6, 6.07) is 7.81. The Morgan fingerprint density at radius 1 is 1.42 bits per heavy atom. The van der Waals surface area contributed by atoms with Crippen molar-refractivity contribution >= 4 is 5.91 Å². The van der Waals surface area contributed by atoms with E-state index >= 15 is 0 Å². The number of amides is 1. The molecule has 1 aliphatic heterocycles. The molecule has 6 nitrogen and oxygen atoms in total. The number of ether oxygens (including phenoxy) is 2. The molecule has 0 bridgehead atoms. The van der Waals surface area contributed by atoms with Crippen LogP contribution in [0, 0.1) is 0 Å². The van der Waals surface area contributed by atoms with Crippen molar-refractivity contribution in [2.75, 3.05) is 53.5 Å². The molecule has 0 aliphatic carbocycles. The van der Waals surface area contributed by atoms with Crippen molar-refractivity contribution < 1.29 is 14.3 Å². The fraction of sp³-hybridized carbons (Fsp3) is 0.611. The standard InChI is InChI=1S/C18H29N3O3/c1-4-21-9-10-23-16(13-21)12-19-11-15-7-5-6-8-17(15)24-14-18(22)20(2)3/h5-8,16,19H,4,9-14H2,1-3H3. The first-order valence-electron chi connectivity index (χ1n) is 8.55. The highest BCUT2D eigenvalue weighted by atomic mass is 16.5. The van der Waals surface area contributed by atoms with E-state index in [2.05, 4.69) is 17.1 Å². The van der Waals surface area contributed by atoms with Gasteiger partial charge in [0.1, 0.15) is 5.75 Å². The zero-order valence-electron chi connectivity index (χ0n) is 15.0. The van der Waals surface area contributed by atoms with Gasteiger partial charge in [0.2, 0.25) is 0 Å². The Morgan fingerprint density at radius 2 is 2.21 bits per heavy atom. The molecule has 1 amide bonds. The zero-order valence-corrected chi connectivity index (χ0v) is 15.0. The third kappa shape index (κ3) is 5.78. The number of rotatable bonds is 8. The molecule has 24 heavy (non-hydrogen) atoms. The average molecular weight is 335 g/mol. The van der Waals surface area contributed by atoms with Crippen LogP contribution in [0.15, 0.2) is 24.3 Å². The van der Waals surface area contributed by atoms with E-state index in [1.54, 1.807) is 14.1 Å². The highest BCUT2D eigenvalue weighted by molar-refractivity contribution is 5.77. The molecule has 1 N–H and O–H groups in total. The van der Waals surface area contributed by atoms with Crippen molar-refractivity contribution in [2.45, 2.75) is 19.6 Å². The molecule has 0 spiro atoms. The minimum absolute atomic E-state index is 0.0481. The minimum Gasteiger partial charge on any atom is -0.483 e. The second-order valence-corrected chi connectivity index (χ2v) is 6.20. The Labute approximate surface area is 144 Å². The first kappa shape index (κ1) is 18.7. The summed E-state index contributed by atoms with van der Waals surface area (Å²) in [5.41, 5.74) is 1.05. The van der Waals surface area contributed by atoms with Crippen molar-refractivity contribution in [3.63, 3.8) is 0 Å². The molecule has 6 heteroatoms. The largest absolute Gasteiger partial charge is 0.483 e. The molecule has 1 aliphatic rings. The Balaban J connectivity index is 1.81. The molecule has 1 fully saturated rings. The van der Waals surface area contributed by atoms with Gasteiger partial charge in [0, 0.05) is 45.8 Å². The van der Waals surface area contributed by atoms with Crippen LogP contribution in [0.4, 0.5) is 0 Å². The molecule has 1 aromatic rings. The van der Waals surface area contributed by atoms with E-state index in [0.29, 0.717) is 6.54 Å². The number of carbonyl (C=O) groups is 1. The highest BCUT2D eigenvalue weighted by Crippen LogP contribution is 2.18. The number of likely N-dealkylation sites (N-methyl/N-ethyl adjacent to an activating group) is 2. The van der Waals surface area contributed by atoms with Crippen molar-refractivity contribution in [2.24, 2.45) is 0 Å². The normalized spacial score (nSPS) is 18.4. The van der Waals surface area contributed by atoms with Gasteiger partial charge in [0.15, 0.2) is 6.61 Å². The Morgan fingerprint density at radius 3 is 2.96 bits per heavy atom. The van der Waals surface area contributed by atoms with E-state index in [9.17, 15) is 4.79 Å². The maximum absolute atomic E-state index is 11.7. The molecule has 1 aromatic carbocycles. The topological polar surface area (TPSA) is 54.0 Å². The van der Waals surface area contributed by atoms with Crippen LogP contribution in [-0.2, 0) is 16.1 Å².